The lowest BCUT2D eigenvalue weighted by molar-refractivity contribution is -0.113. The number of hydrogen-bond acceptors (Lipinski definition) is 6. The molecule has 4 rings (SSSR count). The van der Waals surface area contributed by atoms with Crippen LogP contribution in [0.25, 0.3) is 5.69 Å². The normalized spacial score (nSPS) is 10.6. The van der Waals surface area contributed by atoms with E-state index in [0.29, 0.717) is 18.3 Å². The van der Waals surface area contributed by atoms with Crippen molar-refractivity contribution in [3.8, 4) is 11.4 Å². The molecule has 3 aromatic carbocycles. The fourth-order valence-electron chi connectivity index (χ4n) is 3.22. The zero-order valence-corrected chi connectivity index (χ0v) is 21.0. The van der Waals surface area contributed by atoms with E-state index in [1.54, 1.807) is 0 Å². The fourth-order valence-corrected chi connectivity index (χ4v) is 4.26. The minimum absolute atomic E-state index is 0.107. The smallest absolute Gasteiger partial charge is 0.234 e. The summed E-state index contributed by atoms with van der Waals surface area (Å²) in [6, 6.07) is 25.2. The Morgan fingerprint density at radius 2 is 1.68 bits per heavy atom. The molecule has 0 aliphatic carbocycles. The number of carbonyl (C=O) groups is 1. The maximum atomic E-state index is 12.5. The molecule has 0 aliphatic heterocycles. The van der Waals surface area contributed by atoms with E-state index in [1.165, 1.54) is 11.8 Å². The van der Waals surface area contributed by atoms with Crippen molar-refractivity contribution in [1.82, 2.24) is 14.8 Å². The van der Waals surface area contributed by atoms with Gasteiger partial charge in [0.2, 0.25) is 5.91 Å². The van der Waals surface area contributed by atoms with Gasteiger partial charge in [0.15, 0.2) is 11.0 Å². The molecule has 0 saturated carbocycles. The molecule has 0 fully saturated rings. The summed E-state index contributed by atoms with van der Waals surface area (Å²) in [5, 5.41) is 15.7. The van der Waals surface area contributed by atoms with Crippen molar-refractivity contribution in [1.29, 1.82) is 0 Å². The van der Waals surface area contributed by atoms with Crippen molar-refractivity contribution >= 4 is 45.0 Å². The zero-order chi connectivity index (χ0) is 23.8. The van der Waals surface area contributed by atoms with Crippen LogP contribution in [0, 0.1) is 0 Å². The second-order valence-electron chi connectivity index (χ2n) is 7.22. The number of anilines is 2. The van der Waals surface area contributed by atoms with Crippen LogP contribution in [0.15, 0.2) is 88.5 Å². The Balaban J connectivity index is 1.45. The average molecular weight is 538 g/mol. The zero-order valence-electron chi connectivity index (χ0n) is 18.6. The standard InChI is InChI=1S/C25H24BrN5O2S/c1-2-33-22-14-12-19(13-15-22)27-16-23-29-30-25(31(23)21-6-4-3-5-7-21)34-17-24(32)28-20-10-8-18(26)9-11-20/h3-15,27H,2,16-17H2,1H3,(H,28,32). The van der Waals surface area contributed by atoms with E-state index in [1.807, 2.05) is 90.4 Å². The number of carbonyl (C=O) groups excluding carboxylic acids is 1. The molecule has 1 heterocycles. The maximum absolute atomic E-state index is 12.5. The van der Waals surface area contributed by atoms with Gasteiger partial charge in [0.1, 0.15) is 5.75 Å². The lowest BCUT2D eigenvalue weighted by Crippen LogP contribution is -2.14. The van der Waals surface area contributed by atoms with Crippen molar-refractivity contribution in [2.24, 2.45) is 0 Å². The van der Waals surface area contributed by atoms with E-state index in [-0.39, 0.29) is 11.7 Å². The van der Waals surface area contributed by atoms with Crippen LogP contribution in [0.4, 0.5) is 11.4 Å². The SMILES string of the molecule is CCOc1ccc(NCc2nnc(SCC(=O)Nc3ccc(Br)cc3)n2-c2ccccc2)cc1. The highest BCUT2D eigenvalue weighted by atomic mass is 79.9. The third-order valence-electron chi connectivity index (χ3n) is 4.79. The van der Waals surface area contributed by atoms with E-state index in [9.17, 15) is 4.79 Å². The molecule has 0 radical (unpaired) electrons. The van der Waals surface area contributed by atoms with E-state index in [0.717, 1.165) is 33.1 Å². The molecule has 2 N–H and O–H groups in total. The molecule has 0 atom stereocenters. The predicted octanol–water partition coefficient (Wildman–Crippen LogP) is 5.77. The van der Waals surface area contributed by atoms with Crippen molar-refractivity contribution in [3.05, 3.63) is 89.2 Å². The van der Waals surface area contributed by atoms with Crippen LogP contribution in [0.1, 0.15) is 12.7 Å². The van der Waals surface area contributed by atoms with E-state index in [4.69, 9.17) is 4.74 Å². The Labute approximate surface area is 211 Å². The molecule has 0 bridgehead atoms. The van der Waals surface area contributed by atoms with Gasteiger partial charge in [-0.2, -0.15) is 0 Å². The third-order valence-corrected chi connectivity index (χ3v) is 6.25. The number of amides is 1. The van der Waals surface area contributed by atoms with Gasteiger partial charge >= 0.3 is 0 Å². The molecule has 34 heavy (non-hydrogen) atoms. The Hall–Kier alpha value is -3.30. The van der Waals surface area contributed by atoms with Crippen LogP contribution in [0.2, 0.25) is 0 Å². The van der Waals surface area contributed by atoms with E-state index in [2.05, 4.69) is 36.8 Å². The number of ether oxygens (including phenoxy) is 1. The Morgan fingerprint density at radius 3 is 2.38 bits per heavy atom. The number of benzene rings is 3. The summed E-state index contributed by atoms with van der Waals surface area (Å²) in [5.41, 5.74) is 2.64. The maximum Gasteiger partial charge on any atom is 0.234 e. The summed E-state index contributed by atoms with van der Waals surface area (Å²) >= 11 is 4.74. The second kappa shape index (κ2) is 11.7. The van der Waals surface area contributed by atoms with Crippen molar-refractivity contribution < 1.29 is 9.53 Å². The number of aromatic nitrogens is 3. The third kappa shape index (κ3) is 6.39. The van der Waals surface area contributed by atoms with Crippen molar-refractivity contribution in [2.45, 2.75) is 18.6 Å². The van der Waals surface area contributed by atoms with E-state index < -0.39 is 0 Å². The molecule has 0 aliphatic rings. The average Bonchev–Trinajstić information content (AvgIpc) is 3.27. The molecular formula is C25H24BrN5O2S. The van der Waals surface area contributed by atoms with Gasteiger partial charge in [0.25, 0.3) is 0 Å². The first-order valence-electron chi connectivity index (χ1n) is 10.8. The van der Waals surface area contributed by atoms with Gasteiger partial charge in [-0.05, 0) is 67.6 Å². The van der Waals surface area contributed by atoms with Crippen LogP contribution in [-0.2, 0) is 11.3 Å². The van der Waals surface area contributed by atoms with Gasteiger partial charge in [-0.1, -0.05) is 45.9 Å². The van der Waals surface area contributed by atoms with Gasteiger partial charge < -0.3 is 15.4 Å². The second-order valence-corrected chi connectivity index (χ2v) is 9.08. The summed E-state index contributed by atoms with van der Waals surface area (Å²) in [5.74, 6) is 1.69. The van der Waals surface area contributed by atoms with Gasteiger partial charge in [-0.15, -0.1) is 10.2 Å². The molecule has 0 unspecified atom stereocenters. The topological polar surface area (TPSA) is 81.1 Å². The monoisotopic (exact) mass is 537 g/mol. The molecule has 0 spiro atoms. The van der Waals surface area contributed by atoms with Crippen LogP contribution in [0.5, 0.6) is 5.75 Å². The predicted molar refractivity (Wildman–Crippen MR) is 140 cm³/mol. The van der Waals surface area contributed by atoms with Crippen LogP contribution < -0.4 is 15.4 Å². The van der Waals surface area contributed by atoms with Crippen LogP contribution >= 0.6 is 27.7 Å². The van der Waals surface area contributed by atoms with Crippen LogP contribution in [-0.4, -0.2) is 33.0 Å². The van der Waals surface area contributed by atoms with Gasteiger partial charge in [-0.25, -0.2) is 0 Å². The summed E-state index contributed by atoms with van der Waals surface area (Å²) in [6.45, 7) is 3.07. The van der Waals surface area contributed by atoms with Gasteiger partial charge in [-0.3, -0.25) is 9.36 Å². The number of nitrogens with one attached hydrogen (secondary N) is 2. The summed E-state index contributed by atoms with van der Waals surface area (Å²) in [6.07, 6.45) is 0. The molecular weight excluding hydrogens is 514 g/mol. The van der Waals surface area contributed by atoms with E-state index >= 15 is 0 Å². The quantitative estimate of drug-likeness (QED) is 0.250. The fraction of sp³-hybridized carbons (Fsp3) is 0.160. The number of thioether (sulfide) groups is 1. The number of para-hydroxylation sites is 1. The number of rotatable bonds is 10. The van der Waals surface area contributed by atoms with Crippen molar-refractivity contribution in [3.63, 3.8) is 0 Å². The largest absolute Gasteiger partial charge is 0.494 e. The molecule has 9 heteroatoms. The molecule has 4 aromatic rings. The lowest BCUT2D eigenvalue weighted by atomic mass is 10.3. The Morgan fingerprint density at radius 1 is 0.971 bits per heavy atom. The highest BCUT2D eigenvalue weighted by Gasteiger charge is 2.16. The Kier molecular flexibility index (Phi) is 8.21. The number of halogens is 1. The highest BCUT2D eigenvalue weighted by Crippen LogP contribution is 2.24. The molecule has 174 valence electrons. The lowest BCUT2D eigenvalue weighted by Gasteiger charge is -2.12. The molecule has 0 saturated heterocycles. The first-order valence-corrected chi connectivity index (χ1v) is 12.5. The summed E-state index contributed by atoms with van der Waals surface area (Å²) in [7, 11) is 0. The summed E-state index contributed by atoms with van der Waals surface area (Å²) in [4.78, 5) is 12.5. The first kappa shape index (κ1) is 23.8. The summed E-state index contributed by atoms with van der Waals surface area (Å²) < 4.78 is 8.43. The van der Waals surface area contributed by atoms with Crippen LogP contribution in [0.3, 0.4) is 0 Å². The van der Waals surface area contributed by atoms with Crippen molar-refractivity contribution in [2.75, 3.05) is 23.0 Å². The first-order chi connectivity index (χ1) is 16.6. The molecule has 7 nitrogen and oxygen atoms in total. The highest BCUT2D eigenvalue weighted by molar-refractivity contribution is 9.10. The number of nitrogens with zero attached hydrogens (tertiary/aromatic N) is 3. The molecule has 1 aromatic heterocycles. The minimum Gasteiger partial charge on any atom is -0.494 e. The molecule has 1 amide bonds. The minimum atomic E-state index is -0.107. The van der Waals surface area contributed by atoms with Gasteiger partial charge in [0.05, 0.1) is 18.9 Å². The Bertz CT molecular complexity index is 1210. The van der Waals surface area contributed by atoms with Gasteiger partial charge in [0, 0.05) is 21.5 Å². The number of hydrogen-bond donors (Lipinski definition) is 2.